The summed E-state index contributed by atoms with van der Waals surface area (Å²) in [7, 11) is 0. The molecule has 6 heteroatoms. The fraction of sp³-hybridized carbons (Fsp3) is 0.533. The van der Waals surface area contributed by atoms with E-state index in [4.69, 9.17) is 7.80 Å². The van der Waals surface area contributed by atoms with Crippen LogP contribution in [0.2, 0.25) is 0 Å². The molecule has 2 fully saturated rings. The van der Waals surface area contributed by atoms with Crippen LogP contribution in [0.3, 0.4) is 0 Å². The first-order valence-corrected chi connectivity index (χ1v) is 9.31. The Bertz CT molecular complexity index is 485. The molecular formula is C15H20IN2O3-. The van der Waals surface area contributed by atoms with Crippen molar-refractivity contribution < 1.29 is 34.2 Å². The van der Waals surface area contributed by atoms with Crippen LogP contribution < -0.4 is 26.9 Å². The van der Waals surface area contributed by atoms with Crippen LogP contribution >= 0.6 is 0 Å². The minimum atomic E-state index is -0.391. The average molecular weight is 403 g/mol. The summed E-state index contributed by atoms with van der Waals surface area (Å²) in [5.41, 5.74) is 1.18. The molecule has 0 aliphatic carbocycles. The quantitative estimate of drug-likeness (QED) is 0.365. The molecule has 0 aromatic heterocycles. The number of nitrogens with one attached hydrogen (secondary N) is 1. The van der Waals surface area contributed by atoms with Crippen molar-refractivity contribution >= 4 is 5.91 Å². The molecule has 0 radical (unpaired) electrons. The minimum absolute atomic E-state index is 0.0123. The predicted octanol–water partition coefficient (Wildman–Crippen LogP) is -1.87. The Morgan fingerprint density at radius 2 is 2.24 bits per heavy atom. The van der Waals surface area contributed by atoms with E-state index in [0.717, 1.165) is 19.7 Å². The molecule has 116 valence electrons. The first-order valence-electron chi connectivity index (χ1n) is 7.18. The van der Waals surface area contributed by atoms with Gasteiger partial charge in [-0.05, 0) is 0 Å². The van der Waals surface area contributed by atoms with Gasteiger partial charge in [0.15, 0.2) is 0 Å². The molecule has 3 atom stereocenters. The molecule has 0 saturated carbocycles. The predicted molar refractivity (Wildman–Crippen MR) is 73.8 cm³/mol. The first kappa shape index (κ1) is 15.2. The third-order valence-electron chi connectivity index (χ3n) is 3.78. The normalized spacial score (nSPS) is 30.0. The zero-order valence-corrected chi connectivity index (χ0v) is 14.2. The molecule has 21 heavy (non-hydrogen) atoms. The summed E-state index contributed by atoms with van der Waals surface area (Å²) in [5, 5.41) is 2.94. The number of halogens is 1. The molecule has 1 N–H and O–H groups in total. The third kappa shape index (κ3) is 3.74. The van der Waals surface area contributed by atoms with Crippen LogP contribution in [0.4, 0.5) is 0 Å². The van der Waals surface area contributed by atoms with Crippen molar-refractivity contribution in [3.05, 3.63) is 35.9 Å². The number of carbonyl (C=O) groups excluding carboxylic acids is 1. The number of fused-ring (bicyclic) bond motifs is 1. The van der Waals surface area contributed by atoms with E-state index in [1.807, 2.05) is 18.2 Å². The van der Waals surface area contributed by atoms with Gasteiger partial charge in [0.05, 0.1) is 0 Å². The number of benzene rings is 1. The molecular weight excluding hydrogens is 383 g/mol. The third-order valence-corrected chi connectivity index (χ3v) is 6.10. The number of hydrogen-bond acceptors (Lipinski definition) is 4. The summed E-state index contributed by atoms with van der Waals surface area (Å²) >= 11 is -0.391. The van der Waals surface area contributed by atoms with Gasteiger partial charge in [0, 0.05) is 0 Å². The number of alkyl halides is 1. The Balaban J connectivity index is 1.77. The summed E-state index contributed by atoms with van der Waals surface area (Å²) in [4.78, 5) is 13.6. The standard InChI is InChI=1S/C15H20IN2O3/c1-11(19)17-9-13-10-18-7-8-20-16-15(18)21-14(13)12-5-3-2-4-6-12/h2-6,13-15H,7-10H2,1H3,(H,17,19)/q-1/t13-,14+,15?/m0/s1. The zero-order valence-electron chi connectivity index (χ0n) is 12.0. The van der Waals surface area contributed by atoms with Crippen LogP contribution in [-0.4, -0.2) is 41.3 Å². The average Bonchev–Trinajstić information content (AvgIpc) is 2.53. The number of hydrogen-bond donors (Lipinski definition) is 1. The molecule has 2 heterocycles. The Hall–Kier alpha value is -0.700. The zero-order chi connectivity index (χ0) is 14.7. The van der Waals surface area contributed by atoms with E-state index in [2.05, 4.69) is 22.3 Å². The van der Waals surface area contributed by atoms with E-state index in [-0.39, 0.29) is 22.2 Å². The Kier molecular flexibility index (Phi) is 5.10. The number of nitrogens with zero attached hydrogens (tertiary/aromatic N) is 1. The summed E-state index contributed by atoms with van der Waals surface area (Å²) in [6.45, 7) is 4.88. The van der Waals surface area contributed by atoms with Crippen molar-refractivity contribution in [2.45, 2.75) is 17.3 Å². The van der Waals surface area contributed by atoms with Crippen LogP contribution in [-0.2, 0) is 12.6 Å². The van der Waals surface area contributed by atoms with Crippen molar-refractivity contribution in [2.75, 3.05) is 26.2 Å². The Morgan fingerprint density at radius 1 is 1.43 bits per heavy atom. The maximum absolute atomic E-state index is 11.2. The summed E-state index contributed by atoms with van der Waals surface area (Å²) < 4.78 is 12.1. The van der Waals surface area contributed by atoms with E-state index in [0.29, 0.717) is 6.54 Å². The monoisotopic (exact) mass is 403 g/mol. The van der Waals surface area contributed by atoms with Crippen molar-refractivity contribution in [3.63, 3.8) is 0 Å². The number of rotatable bonds is 3. The van der Waals surface area contributed by atoms with Crippen molar-refractivity contribution in [2.24, 2.45) is 5.92 Å². The van der Waals surface area contributed by atoms with Gasteiger partial charge in [-0.15, -0.1) is 0 Å². The molecule has 0 bridgehead atoms. The molecule has 2 aliphatic heterocycles. The van der Waals surface area contributed by atoms with Crippen molar-refractivity contribution in [3.8, 4) is 0 Å². The SMILES string of the molecule is CC(=O)NC[C@H]1CN2CCO[I-]C2O[C@@H]1c1ccccc1. The number of carbonyl (C=O) groups is 1. The second kappa shape index (κ2) is 7.04. The fourth-order valence-electron chi connectivity index (χ4n) is 2.76. The van der Waals surface area contributed by atoms with Gasteiger partial charge in [-0.25, -0.2) is 0 Å². The van der Waals surface area contributed by atoms with Crippen LogP contribution in [0.25, 0.3) is 0 Å². The molecule has 5 nitrogen and oxygen atoms in total. The Morgan fingerprint density at radius 3 is 3.00 bits per heavy atom. The van der Waals surface area contributed by atoms with Crippen LogP contribution in [0, 0.1) is 5.92 Å². The van der Waals surface area contributed by atoms with E-state index >= 15 is 0 Å². The van der Waals surface area contributed by atoms with E-state index in [9.17, 15) is 4.79 Å². The number of ether oxygens (including phenoxy) is 1. The second-order valence-corrected chi connectivity index (χ2v) is 7.55. The van der Waals surface area contributed by atoms with Gasteiger partial charge in [0.2, 0.25) is 0 Å². The van der Waals surface area contributed by atoms with E-state index in [1.54, 1.807) is 6.92 Å². The molecule has 0 spiro atoms. The van der Waals surface area contributed by atoms with Gasteiger partial charge in [-0.1, -0.05) is 0 Å². The topological polar surface area (TPSA) is 50.8 Å². The second-order valence-electron chi connectivity index (χ2n) is 5.35. The maximum atomic E-state index is 11.2. The number of amides is 1. The summed E-state index contributed by atoms with van der Waals surface area (Å²) in [6.07, 6.45) is 0.0284. The van der Waals surface area contributed by atoms with E-state index in [1.165, 1.54) is 5.56 Å². The molecule has 1 aromatic carbocycles. The molecule has 2 saturated heterocycles. The molecule has 1 aromatic rings. The van der Waals surface area contributed by atoms with Gasteiger partial charge in [0.1, 0.15) is 0 Å². The molecule has 2 aliphatic rings. The van der Waals surface area contributed by atoms with Gasteiger partial charge in [-0.2, -0.15) is 0 Å². The molecule has 3 rings (SSSR count). The van der Waals surface area contributed by atoms with Gasteiger partial charge in [0.25, 0.3) is 0 Å². The van der Waals surface area contributed by atoms with Crippen LogP contribution in [0.1, 0.15) is 18.6 Å². The fourth-order valence-corrected chi connectivity index (χ4v) is 4.78. The van der Waals surface area contributed by atoms with Crippen LogP contribution in [0.15, 0.2) is 30.3 Å². The molecule has 1 amide bonds. The van der Waals surface area contributed by atoms with Crippen molar-refractivity contribution in [1.29, 1.82) is 0 Å². The van der Waals surface area contributed by atoms with Gasteiger partial charge >= 0.3 is 136 Å². The first-order chi connectivity index (χ1) is 10.2. The summed E-state index contributed by atoms with van der Waals surface area (Å²) in [5.74, 6) is 0.285. The van der Waals surface area contributed by atoms with Crippen molar-refractivity contribution in [1.82, 2.24) is 10.2 Å². The van der Waals surface area contributed by atoms with Gasteiger partial charge in [-0.3, -0.25) is 0 Å². The molecule has 1 unspecified atom stereocenters. The summed E-state index contributed by atoms with van der Waals surface area (Å²) in [6, 6.07) is 10.3. The van der Waals surface area contributed by atoms with Gasteiger partial charge < -0.3 is 0 Å². The van der Waals surface area contributed by atoms with E-state index < -0.39 is 21.6 Å². The van der Waals surface area contributed by atoms with Crippen LogP contribution in [0.5, 0.6) is 0 Å². The Labute approximate surface area is 135 Å².